The van der Waals surface area contributed by atoms with Gasteiger partial charge in [0, 0.05) is 12.6 Å². The van der Waals surface area contributed by atoms with Gasteiger partial charge in [0.25, 0.3) is 0 Å². The van der Waals surface area contributed by atoms with Gasteiger partial charge in [-0.05, 0) is 19.3 Å². The summed E-state index contributed by atoms with van der Waals surface area (Å²) >= 11 is 0. The Morgan fingerprint density at radius 2 is 1.80 bits per heavy atom. The molecule has 1 N–H and O–H groups in total. The first kappa shape index (κ1) is 10.9. The average molecular weight is 211 g/mol. The quantitative estimate of drug-likeness (QED) is 0.708. The number of carbonyl (C=O) groups is 1. The zero-order valence-electron chi connectivity index (χ0n) is 9.34. The highest BCUT2D eigenvalue weighted by Crippen LogP contribution is 2.19. The summed E-state index contributed by atoms with van der Waals surface area (Å²) in [6, 6.07) is 0.431. The largest absolute Gasteiger partial charge is 0.381 e. The Balaban J connectivity index is 1.76. The van der Waals surface area contributed by atoms with Crippen molar-refractivity contribution in [2.75, 3.05) is 13.2 Å². The van der Waals surface area contributed by atoms with E-state index in [9.17, 15) is 4.79 Å². The van der Waals surface area contributed by atoms with Crippen LogP contribution in [0.1, 0.15) is 44.9 Å². The molecule has 0 aromatic rings. The summed E-state index contributed by atoms with van der Waals surface area (Å²) in [6.07, 6.45) is 8.44. The van der Waals surface area contributed by atoms with Crippen molar-refractivity contribution in [1.29, 1.82) is 0 Å². The van der Waals surface area contributed by atoms with Gasteiger partial charge in [0.15, 0.2) is 0 Å². The van der Waals surface area contributed by atoms with Crippen molar-refractivity contribution in [2.45, 2.75) is 51.0 Å². The third-order valence-electron chi connectivity index (χ3n) is 3.50. The fraction of sp³-hybridized carbons (Fsp3) is 0.917. The molecular weight excluding hydrogens is 190 g/mol. The van der Waals surface area contributed by atoms with E-state index in [0.29, 0.717) is 12.6 Å². The maximum Gasteiger partial charge on any atom is 0.225 e. The SMILES string of the molecule is O=C(NC1CCCCCC1)C1CCOC1. The number of hydrogen-bond donors (Lipinski definition) is 1. The molecule has 1 amide bonds. The Morgan fingerprint density at radius 1 is 1.07 bits per heavy atom. The van der Waals surface area contributed by atoms with Crippen LogP contribution in [0.2, 0.25) is 0 Å². The molecule has 2 rings (SSSR count). The van der Waals surface area contributed by atoms with Crippen LogP contribution in [0.3, 0.4) is 0 Å². The molecular formula is C12H21NO2. The van der Waals surface area contributed by atoms with Crippen LogP contribution in [0.4, 0.5) is 0 Å². The molecule has 0 radical (unpaired) electrons. The number of nitrogens with one attached hydrogen (secondary N) is 1. The van der Waals surface area contributed by atoms with E-state index in [-0.39, 0.29) is 11.8 Å². The van der Waals surface area contributed by atoms with Gasteiger partial charge in [-0.1, -0.05) is 25.7 Å². The summed E-state index contributed by atoms with van der Waals surface area (Å²) in [6.45, 7) is 1.38. The normalized spacial score (nSPS) is 28.7. The van der Waals surface area contributed by atoms with Crippen molar-refractivity contribution in [1.82, 2.24) is 5.32 Å². The fourth-order valence-corrected chi connectivity index (χ4v) is 2.48. The zero-order chi connectivity index (χ0) is 10.5. The molecule has 0 aromatic carbocycles. The minimum atomic E-state index is 0.119. The smallest absolute Gasteiger partial charge is 0.225 e. The topological polar surface area (TPSA) is 38.3 Å². The minimum absolute atomic E-state index is 0.119. The van der Waals surface area contributed by atoms with Crippen molar-refractivity contribution >= 4 is 5.91 Å². The maximum atomic E-state index is 11.8. The van der Waals surface area contributed by atoms with E-state index >= 15 is 0 Å². The first-order valence-electron chi connectivity index (χ1n) is 6.24. The van der Waals surface area contributed by atoms with E-state index in [4.69, 9.17) is 4.74 Å². The van der Waals surface area contributed by atoms with Crippen LogP contribution in [0, 0.1) is 5.92 Å². The van der Waals surface area contributed by atoms with Crippen LogP contribution in [0.15, 0.2) is 0 Å². The van der Waals surface area contributed by atoms with Gasteiger partial charge in [0.05, 0.1) is 12.5 Å². The van der Waals surface area contributed by atoms with Gasteiger partial charge in [-0.15, -0.1) is 0 Å². The molecule has 1 heterocycles. The summed E-state index contributed by atoms with van der Waals surface area (Å²) in [5, 5.41) is 3.18. The fourth-order valence-electron chi connectivity index (χ4n) is 2.48. The van der Waals surface area contributed by atoms with E-state index < -0.39 is 0 Å². The molecule has 15 heavy (non-hydrogen) atoms. The van der Waals surface area contributed by atoms with Crippen molar-refractivity contribution < 1.29 is 9.53 Å². The van der Waals surface area contributed by atoms with E-state index in [0.717, 1.165) is 13.0 Å². The second-order valence-corrected chi connectivity index (χ2v) is 4.76. The third-order valence-corrected chi connectivity index (χ3v) is 3.50. The molecule has 0 aromatic heterocycles. The summed E-state index contributed by atoms with van der Waals surface area (Å²) in [7, 11) is 0. The van der Waals surface area contributed by atoms with Crippen molar-refractivity contribution in [3.63, 3.8) is 0 Å². The monoisotopic (exact) mass is 211 g/mol. The highest BCUT2D eigenvalue weighted by Gasteiger charge is 2.25. The predicted molar refractivity (Wildman–Crippen MR) is 58.6 cm³/mol. The molecule has 1 saturated heterocycles. The van der Waals surface area contributed by atoms with Crippen LogP contribution in [-0.4, -0.2) is 25.2 Å². The first-order valence-corrected chi connectivity index (χ1v) is 6.24. The summed E-state index contributed by atoms with van der Waals surface area (Å²) in [4.78, 5) is 11.8. The Morgan fingerprint density at radius 3 is 2.40 bits per heavy atom. The minimum Gasteiger partial charge on any atom is -0.381 e. The highest BCUT2D eigenvalue weighted by molar-refractivity contribution is 5.79. The number of ether oxygens (including phenoxy) is 1. The van der Waals surface area contributed by atoms with E-state index in [1.807, 2.05) is 0 Å². The van der Waals surface area contributed by atoms with Crippen LogP contribution >= 0.6 is 0 Å². The Kier molecular flexibility index (Phi) is 4.01. The maximum absolute atomic E-state index is 11.8. The van der Waals surface area contributed by atoms with Crippen LogP contribution in [0.5, 0.6) is 0 Å². The number of carbonyl (C=O) groups excluding carboxylic acids is 1. The number of hydrogen-bond acceptors (Lipinski definition) is 2. The number of rotatable bonds is 2. The Labute approximate surface area is 91.6 Å². The van der Waals surface area contributed by atoms with Gasteiger partial charge in [-0.3, -0.25) is 4.79 Å². The zero-order valence-corrected chi connectivity index (χ0v) is 9.34. The van der Waals surface area contributed by atoms with Gasteiger partial charge in [-0.2, -0.15) is 0 Å². The number of amides is 1. The lowest BCUT2D eigenvalue weighted by molar-refractivity contribution is -0.125. The van der Waals surface area contributed by atoms with Gasteiger partial charge in [-0.25, -0.2) is 0 Å². The summed E-state index contributed by atoms with van der Waals surface area (Å²) in [5.74, 6) is 0.340. The summed E-state index contributed by atoms with van der Waals surface area (Å²) in [5.41, 5.74) is 0. The Hall–Kier alpha value is -0.570. The first-order chi connectivity index (χ1) is 7.36. The van der Waals surface area contributed by atoms with Gasteiger partial charge in [0.1, 0.15) is 0 Å². The van der Waals surface area contributed by atoms with Crippen molar-refractivity contribution in [3.8, 4) is 0 Å². The molecule has 86 valence electrons. The van der Waals surface area contributed by atoms with E-state index in [2.05, 4.69) is 5.32 Å². The molecule has 0 spiro atoms. The lowest BCUT2D eigenvalue weighted by atomic mass is 10.1. The van der Waals surface area contributed by atoms with Crippen LogP contribution in [0.25, 0.3) is 0 Å². The Bertz CT molecular complexity index is 204. The molecule has 0 bridgehead atoms. The van der Waals surface area contributed by atoms with Crippen molar-refractivity contribution in [2.24, 2.45) is 5.92 Å². The van der Waals surface area contributed by atoms with Gasteiger partial charge in [0.2, 0.25) is 5.91 Å². The second kappa shape index (κ2) is 5.50. The third kappa shape index (κ3) is 3.20. The van der Waals surface area contributed by atoms with Gasteiger partial charge < -0.3 is 10.1 Å². The molecule has 1 saturated carbocycles. The van der Waals surface area contributed by atoms with Crippen LogP contribution < -0.4 is 5.32 Å². The molecule has 2 aliphatic rings. The molecule has 1 aliphatic heterocycles. The lowest BCUT2D eigenvalue weighted by Crippen LogP contribution is -2.38. The molecule has 1 aliphatic carbocycles. The molecule has 1 unspecified atom stereocenters. The van der Waals surface area contributed by atoms with E-state index in [1.54, 1.807) is 0 Å². The molecule has 2 fully saturated rings. The van der Waals surface area contributed by atoms with E-state index in [1.165, 1.54) is 38.5 Å². The molecule has 1 atom stereocenters. The highest BCUT2D eigenvalue weighted by atomic mass is 16.5. The standard InChI is InChI=1S/C12H21NO2/c14-12(10-7-8-15-9-10)13-11-5-3-1-2-4-6-11/h10-11H,1-9H2,(H,13,14). The predicted octanol–water partition coefficient (Wildman–Crippen LogP) is 1.86. The van der Waals surface area contributed by atoms with Crippen LogP contribution in [-0.2, 0) is 9.53 Å². The summed E-state index contributed by atoms with van der Waals surface area (Å²) < 4.78 is 5.23. The molecule has 3 heteroatoms. The average Bonchev–Trinajstić information content (AvgIpc) is 2.65. The lowest BCUT2D eigenvalue weighted by Gasteiger charge is -2.18. The molecule has 3 nitrogen and oxygen atoms in total. The second-order valence-electron chi connectivity index (χ2n) is 4.76. The van der Waals surface area contributed by atoms with Gasteiger partial charge >= 0.3 is 0 Å². The van der Waals surface area contributed by atoms with Crippen molar-refractivity contribution in [3.05, 3.63) is 0 Å².